The third-order valence-electron chi connectivity index (χ3n) is 4.83. The summed E-state index contributed by atoms with van der Waals surface area (Å²) in [4.78, 5) is 13.5. The molecule has 12 heteroatoms. The quantitative estimate of drug-likeness (QED) is 0.669. The van der Waals surface area contributed by atoms with Gasteiger partial charge in [-0.25, -0.2) is 8.42 Å². The fourth-order valence-electron chi connectivity index (χ4n) is 3.18. The zero-order valence-corrected chi connectivity index (χ0v) is 18.6. The molecule has 0 atom stereocenters. The van der Waals surface area contributed by atoms with Crippen molar-refractivity contribution in [1.82, 2.24) is 4.31 Å². The van der Waals surface area contributed by atoms with Gasteiger partial charge in [-0.3, -0.25) is 4.79 Å². The van der Waals surface area contributed by atoms with E-state index in [9.17, 15) is 26.4 Å². The maximum absolute atomic E-state index is 13.3. The van der Waals surface area contributed by atoms with E-state index in [1.807, 2.05) is 12.1 Å². The van der Waals surface area contributed by atoms with Gasteiger partial charge in [-0.05, 0) is 42.5 Å². The summed E-state index contributed by atoms with van der Waals surface area (Å²) in [7, 11) is -3.57. The van der Waals surface area contributed by atoms with Gasteiger partial charge in [0.2, 0.25) is 15.9 Å². The van der Waals surface area contributed by atoms with Crippen LogP contribution in [0.15, 0.2) is 47.4 Å². The molecule has 7 nitrogen and oxygen atoms in total. The van der Waals surface area contributed by atoms with Gasteiger partial charge in [-0.1, -0.05) is 11.6 Å². The molecule has 1 fully saturated rings. The number of anilines is 2. The normalized spacial score (nSPS) is 15.1. The number of likely N-dealkylation sites (N-methyl/N-ethyl adjacent to an activating group) is 1. The van der Waals surface area contributed by atoms with E-state index in [1.54, 1.807) is 12.1 Å². The number of hydrogen-bond donors (Lipinski definition) is 1. The first-order valence-electron chi connectivity index (χ1n) is 9.54. The van der Waals surface area contributed by atoms with Crippen LogP contribution in [0.3, 0.4) is 0 Å². The molecule has 174 valence electrons. The van der Waals surface area contributed by atoms with E-state index in [2.05, 4.69) is 10.2 Å². The maximum atomic E-state index is 13.3. The molecular weight excluding hydrogens is 471 g/mol. The fourth-order valence-corrected chi connectivity index (χ4v) is 4.67. The summed E-state index contributed by atoms with van der Waals surface area (Å²) >= 11 is 5.61. The smallest absolute Gasteiger partial charge is 0.378 e. The number of sulfonamides is 1. The Bertz CT molecular complexity index is 1070. The van der Waals surface area contributed by atoms with Crippen LogP contribution in [-0.4, -0.2) is 58.5 Å². The number of halogens is 4. The minimum atomic E-state index is -4.93. The van der Waals surface area contributed by atoms with E-state index < -0.39 is 39.1 Å². The molecule has 2 aromatic rings. The summed E-state index contributed by atoms with van der Waals surface area (Å²) in [5.74, 6) is -0.697. The van der Waals surface area contributed by atoms with E-state index in [1.165, 1.54) is 0 Å². The van der Waals surface area contributed by atoms with Gasteiger partial charge in [0.15, 0.2) is 0 Å². The van der Waals surface area contributed by atoms with Crippen LogP contribution in [0.4, 0.5) is 24.5 Å². The van der Waals surface area contributed by atoms with Crippen molar-refractivity contribution < 1.29 is 31.1 Å². The molecule has 0 saturated carbocycles. The summed E-state index contributed by atoms with van der Waals surface area (Å²) in [5.41, 5.74) is -0.00958. The number of nitrogens with one attached hydrogen (secondary N) is 1. The molecule has 1 saturated heterocycles. The van der Waals surface area contributed by atoms with Crippen molar-refractivity contribution in [2.75, 3.05) is 50.1 Å². The van der Waals surface area contributed by atoms with Crippen LogP contribution in [0.1, 0.15) is 5.56 Å². The molecule has 1 aliphatic rings. The van der Waals surface area contributed by atoms with Crippen molar-refractivity contribution in [3.63, 3.8) is 0 Å². The molecular formula is C20H21ClF3N3O4S. The fraction of sp³-hybridized carbons (Fsp3) is 0.350. The molecule has 1 heterocycles. The molecule has 0 spiro atoms. The lowest BCUT2D eigenvalue weighted by Crippen LogP contribution is -2.36. The largest absolute Gasteiger partial charge is 0.417 e. The van der Waals surface area contributed by atoms with Crippen molar-refractivity contribution >= 4 is 38.9 Å². The van der Waals surface area contributed by atoms with Crippen molar-refractivity contribution in [1.29, 1.82) is 0 Å². The predicted molar refractivity (Wildman–Crippen MR) is 114 cm³/mol. The standard InChI is InChI=1S/C20H21ClF3N3O4S/c1-26(32(29,30)18-7-2-14(21)12-17(18)20(22,23)24)13-19(28)25-15-3-5-16(6-4-15)27-8-10-31-11-9-27/h2-7,12H,8-11,13H2,1H3,(H,25,28). The summed E-state index contributed by atoms with van der Waals surface area (Å²) in [5, 5.41) is 2.30. The Morgan fingerprint density at radius 2 is 1.78 bits per heavy atom. The van der Waals surface area contributed by atoms with Crippen LogP contribution in [0.25, 0.3) is 0 Å². The van der Waals surface area contributed by atoms with Gasteiger partial charge in [0.25, 0.3) is 0 Å². The van der Waals surface area contributed by atoms with Gasteiger partial charge in [-0.2, -0.15) is 17.5 Å². The highest BCUT2D eigenvalue weighted by molar-refractivity contribution is 7.89. The Balaban J connectivity index is 1.69. The number of carbonyl (C=O) groups excluding carboxylic acids is 1. The SMILES string of the molecule is CN(CC(=O)Nc1ccc(N2CCOCC2)cc1)S(=O)(=O)c1ccc(Cl)cc1C(F)(F)F. The van der Waals surface area contributed by atoms with Gasteiger partial charge in [0.1, 0.15) is 0 Å². The van der Waals surface area contributed by atoms with Crippen LogP contribution in [0.5, 0.6) is 0 Å². The van der Waals surface area contributed by atoms with Gasteiger partial charge in [0.05, 0.1) is 30.2 Å². The molecule has 3 rings (SSSR count). The molecule has 0 unspecified atom stereocenters. The number of ether oxygens (including phenoxy) is 1. The maximum Gasteiger partial charge on any atom is 0.417 e. The van der Waals surface area contributed by atoms with Crippen molar-refractivity contribution in [3.8, 4) is 0 Å². The number of alkyl halides is 3. The number of benzene rings is 2. The summed E-state index contributed by atoms with van der Waals surface area (Å²) in [6.07, 6.45) is -4.93. The highest BCUT2D eigenvalue weighted by atomic mass is 35.5. The molecule has 1 amide bonds. The zero-order valence-electron chi connectivity index (χ0n) is 17.0. The van der Waals surface area contributed by atoms with E-state index in [4.69, 9.17) is 16.3 Å². The first kappa shape index (κ1) is 24.3. The van der Waals surface area contributed by atoms with Crippen LogP contribution >= 0.6 is 11.6 Å². The third-order valence-corrected chi connectivity index (χ3v) is 6.93. The second kappa shape index (κ2) is 9.65. The molecule has 1 N–H and O–H groups in total. The highest BCUT2D eigenvalue weighted by Crippen LogP contribution is 2.36. The summed E-state index contributed by atoms with van der Waals surface area (Å²) in [6, 6.07) is 9.32. The molecule has 1 aliphatic heterocycles. The first-order valence-corrected chi connectivity index (χ1v) is 11.4. The van der Waals surface area contributed by atoms with Gasteiger partial charge >= 0.3 is 6.18 Å². The van der Waals surface area contributed by atoms with E-state index in [0.717, 1.165) is 38.0 Å². The third kappa shape index (κ3) is 5.71. The molecule has 2 aromatic carbocycles. The second-order valence-corrected chi connectivity index (χ2v) is 9.54. The number of nitrogens with zero attached hydrogens (tertiary/aromatic N) is 2. The lowest BCUT2D eigenvalue weighted by molar-refractivity contribution is -0.139. The first-order chi connectivity index (χ1) is 15.0. The number of morpholine rings is 1. The Hall–Kier alpha value is -2.34. The topological polar surface area (TPSA) is 79.0 Å². The molecule has 0 aromatic heterocycles. The van der Waals surface area contributed by atoms with Crippen LogP contribution in [0, 0.1) is 0 Å². The van der Waals surface area contributed by atoms with E-state index >= 15 is 0 Å². The van der Waals surface area contributed by atoms with E-state index in [-0.39, 0.29) is 5.02 Å². The van der Waals surface area contributed by atoms with Crippen LogP contribution < -0.4 is 10.2 Å². The molecule has 32 heavy (non-hydrogen) atoms. The average molecular weight is 492 g/mol. The lowest BCUT2D eigenvalue weighted by Gasteiger charge is -2.28. The predicted octanol–water partition coefficient (Wildman–Crippen LogP) is 3.45. The van der Waals surface area contributed by atoms with Crippen molar-refractivity contribution in [2.45, 2.75) is 11.1 Å². The zero-order chi connectivity index (χ0) is 23.5. The van der Waals surface area contributed by atoms with Crippen molar-refractivity contribution in [2.24, 2.45) is 0 Å². The summed E-state index contributed by atoms with van der Waals surface area (Å²) < 4.78 is 71.2. The number of rotatable bonds is 6. The monoisotopic (exact) mass is 491 g/mol. The lowest BCUT2D eigenvalue weighted by atomic mass is 10.2. The Morgan fingerprint density at radius 1 is 1.16 bits per heavy atom. The minimum Gasteiger partial charge on any atom is -0.378 e. The van der Waals surface area contributed by atoms with Gasteiger partial charge in [-0.15, -0.1) is 0 Å². The van der Waals surface area contributed by atoms with Crippen LogP contribution in [-0.2, 0) is 25.7 Å². The van der Waals surface area contributed by atoms with Crippen LogP contribution in [0.2, 0.25) is 5.02 Å². The highest BCUT2D eigenvalue weighted by Gasteiger charge is 2.39. The summed E-state index contributed by atoms with van der Waals surface area (Å²) in [6.45, 7) is 2.08. The molecule has 0 bridgehead atoms. The Morgan fingerprint density at radius 3 is 2.38 bits per heavy atom. The van der Waals surface area contributed by atoms with Crippen molar-refractivity contribution in [3.05, 3.63) is 53.1 Å². The molecule has 0 aliphatic carbocycles. The Labute approximate surface area is 188 Å². The average Bonchev–Trinajstić information content (AvgIpc) is 2.74. The molecule has 0 radical (unpaired) electrons. The van der Waals surface area contributed by atoms with Gasteiger partial charge in [0, 0.05) is 36.5 Å². The number of hydrogen-bond acceptors (Lipinski definition) is 5. The minimum absolute atomic E-state index is 0.253. The van der Waals surface area contributed by atoms with Gasteiger partial charge < -0.3 is 15.0 Å². The Kier molecular flexibility index (Phi) is 7.33. The van der Waals surface area contributed by atoms with E-state index in [0.29, 0.717) is 29.3 Å². The number of amides is 1. The second-order valence-electron chi connectivity index (χ2n) is 7.09. The number of carbonyl (C=O) groups is 1.